The SMILES string of the molecule is Cc1ccc2c(c1)c1ccccc1n2-c1ccc(-c2c(C#N)c(-c3nc4ccccc4o3)c(-c3ccc(-n4c5ccccc5c5cc(C)ccc54)cc3)c(-c3ccc(-n4c5ccc(C)cc5c5cc(C)ccc54)cc3)c2-c2ccc(-n3c4ccc(C)cc4c4cc(C)ccc43)cc2)cc1. The molecular formula is C92H64N6O. The van der Waals surface area contributed by atoms with Crippen molar-refractivity contribution >= 4 is 98.3 Å². The summed E-state index contributed by atoms with van der Waals surface area (Å²) in [6, 6.07) is 105. The maximum Gasteiger partial charge on any atom is 0.229 e. The van der Waals surface area contributed by atoms with Crippen molar-refractivity contribution in [3.63, 3.8) is 0 Å². The monoisotopic (exact) mass is 1270 g/mol. The van der Waals surface area contributed by atoms with Gasteiger partial charge in [-0.15, -0.1) is 0 Å². The molecule has 7 heteroatoms. The fourth-order valence-electron chi connectivity index (χ4n) is 16.1. The lowest BCUT2D eigenvalue weighted by Crippen LogP contribution is -2.03. The van der Waals surface area contributed by atoms with E-state index in [1.807, 2.05) is 24.3 Å². The van der Waals surface area contributed by atoms with Crippen LogP contribution in [0.1, 0.15) is 38.9 Å². The molecule has 0 atom stereocenters. The van der Waals surface area contributed by atoms with Crippen LogP contribution >= 0.6 is 0 Å². The van der Waals surface area contributed by atoms with E-state index in [-0.39, 0.29) is 0 Å². The Morgan fingerprint density at radius 1 is 0.273 bits per heavy atom. The first-order valence-electron chi connectivity index (χ1n) is 34.0. The van der Waals surface area contributed by atoms with Gasteiger partial charge in [-0.2, -0.15) is 5.26 Å². The van der Waals surface area contributed by atoms with Gasteiger partial charge in [0.15, 0.2) is 5.58 Å². The molecule has 0 bridgehead atoms. The summed E-state index contributed by atoms with van der Waals surface area (Å²) >= 11 is 0. The van der Waals surface area contributed by atoms with Crippen LogP contribution in [0.5, 0.6) is 0 Å². The van der Waals surface area contributed by atoms with Crippen molar-refractivity contribution in [1.82, 2.24) is 23.3 Å². The Labute approximate surface area is 572 Å². The summed E-state index contributed by atoms with van der Waals surface area (Å²) in [5.41, 5.74) is 29.9. The number of fused-ring (bicyclic) bond motifs is 13. The Hall–Kier alpha value is -12.8. The molecule has 0 aliphatic rings. The standard InChI is InChI=1S/C92H64N6O/c1-54-19-41-80-70(47-54)68-13-7-10-16-78(68)95(80)64-33-25-60(26-34-64)87-76(53-93)91(92-94-77-15-9-12-18-86(77)99-92)90(63-31-39-65(40-32-63)96-79-17-11-8-14-69(79)71-48-55(2)20-42-81(71)96)89(62-29-37-67(38-30-62)98-84-45-23-58(5)51-74(84)75-52-59(6)24-46-85(75)98)88(87)61-27-35-66(36-28-61)97-82-43-21-56(3)49-72(82)73-50-57(4)22-44-83(73)97/h7-52H,1-6H3. The lowest BCUT2D eigenvalue weighted by molar-refractivity contribution is 0.620. The Morgan fingerprint density at radius 2 is 0.545 bits per heavy atom. The second-order valence-corrected chi connectivity index (χ2v) is 27.0. The number of benzene rings is 14. The summed E-state index contributed by atoms with van der Waals surface area (Å²) in [5, 5.41) is 22.2. The normalized spacial score (nSPS) is 11.9. The Kier molecular flexibility index (Phi) is 12.9. The van der Waals surface area contributed by atoms with E-state index in [0.29, 0.717) is 28.1 Å². The van der Waals surface area contributed by atoms with Gasteiger partial charge in [0.25, 0.3) is 0 Å². The molecule has 7 nitrogen and oxygen atoms in total. The van der Waals surface area contributed by atoms with E-state index in [9.17, 15) is 5.26 Å². The van der Waals surface area contributed by atoms with E-state index in [2.05, 4.69) is 321 Å². The highest BCUT2D eigenvalue weighted by atomic mass is 16.3. The summed E-state index contributed by atoms with van der Waals surface area (Å²) < 4.78 is 16.6. The third-order valence-corrected chi connectivity index (χ3v) is 20.6. The average Bonchev–Trinajstić information content (AvgIpc) is 0.919. The molecule has 5 heterocycles. The quantitative estimate of drug-likeness (QED) is 0.145. The van der Waals surface area contributed by atoms with Gasteiger partial charge in [0, 0.05) is 77.0 Å². The molecule has 0 radical (unpaired) electrons. The number of aromatic nitrogens is 5. The summed E-state index contributed by atoms with van der Waals surface area (Å²) in [4.78, 5) is 5.38. The smallest absolute Gasteiger partial charge is 0.229 e. The van der Waals surface area contributed by atoms with Gasteiger partial charge in [-0.05, 0) is 221 Å². The van der Waals surface area contributed by atoms with E-state index in [1.54, 1.807) is 0 Å². The molecule has 0 saturated heterocycles. The Balaban J connectivity index is 0.922. The second-order valence-electron chi connectivity index (χ2n) is 27.0. The molecule has 0 aliphatic carbocycles. The van der Waals surface area contributed by atoms with E-state index in [4.69, 9.17) is 9.40 Å². The zero-order valence-corrected chi connectivity index (χ0v) is 55.6. The Morgan fingerprint density at radius 3 is 0.879 bits per heavy atom. The van der Waals surface area contributed by atoms with Crippen LogP contribution in [-0.4, -0.2) is 23.3 Å². The molecule has 19 rings (SSSR count). The number of nitriles is 1. The predicted octanol–water partition coefficient (Wildman–Crippen LogP) is 24.3. The molecule has 0 amide bonds. The molecule has 0 N–H and O–H groups in total. The lowest BCUT2D eigenvalue weighted by atomic mass is 9.77. The summed E-state index contributed by atoms with van der Waals surface area (Å²) in [6.07, 6.45) is 0. The minimum absolute atomic E-state index is 0.357. The van der Waals surface area contributed by atoms with Crippen LogP contribution in [0.2, 0.25) is 0 Å². The summed E-state index contributed by atoms with van der Waals surface area (Å²) in [5.74, 6) is 0.357. The van der Waals surface area contributed by atoms with Gasteiger partial charge in [0.05, 0.1) is 55.3 Å². The predicted molar refractivity (Wildman–Crippen MR) is 412 cm³/mol. The van der Waals surface area contributed by atoms with E-state index in [1.165, 1.54) is 76.5 Å². The van der Waals surface area contributed by atoms with Crippen LogP contribution in [0.25, 0.3) is 177 Å². The van der Waals surface area contributed by atoms with Gasteiger partial charge in [-0.25, -0.2) is 4.98 Å². The fraction of sp³-hybridized carbons (Fsp3) is 0.0652. The first kappa shape index (κ1) is 57.7. The summed E-state index contributed by atoms with van der Waals surface area (Å²) in [7, 11) is 0. The maximum atomic E-state index is 12.6. The van der Waals surface area contributed by atoms with Crippen molar-refractivity contribution in [2.45, 2.75) is 41.5 Å². The van der Waals surface area contributed by atoms with Crippen molar-refractivity contribution in [2.24, 2.45) is 0 Å². The van der Waals surface area contributed by atoms with Gasteiger partial charge in [0.2, 0.25) is 5.89 Å². The molecular weight excluding hydrogens is 1210 g/mol. The lowest BCUT2D eigenvalue weighted by Gasteiger charge is -2.25. The largest absolute Gasteiger partial charge is 0.436 e. The van der Waals surface area contributed by atoms with Crippen molar-refractivity contribution in [3.05, 3.63) is 318 Å². The molecule has 19 aromatic rings. The molecule has 0 saturated carbocycles. The minimum atomic E-state index is 0.357. The van der Waals surface area contributed by atoms with Crippen LogP contribution < -0.4 is 0 Å². The molecule has 0 fully saturated rings. The van der Waals surface area contributed by atoms with Crippen LogP contribution in [0.4, 0.5) is 0 Å². The van der Waals surface area contributed by atoms with Crippen LogP contribution in [0.15, 0.2) is 283 Å². The molecule has 5 aromatic heterocycles. The Bertz CT molecular complexity index is 6490. The zero-order chi connectivity index (χ0) is 66.5. The number of oxazole rings is 1. The number of aryl methyl sites for hydroxylation is 6. The van der Waals surface area contributed by atoms with Crippen molar-refractivity contribution in [1.29, 1.82) is 5.26 Å². The fourth-order valence-corrected chi connectivity index (χ4v) is 16.1. The highest BCUT2D eigenvalue weighted by molar-refractivity contribution is 6.15. The van der Waals surface area contributed by atoms with E-state index in [0.717, 1.165) is 111 Å². The van der Waals surface area contributed by atoms with Crippen molar-refractivity contribution in [2.75, 3.05) is 0 Å². The van der Waals surface area contributed by atoms with Crippen molar-refractivity contribution < 1.29 is 4.42 Å². The van der Waals surface area contributed by atoms with E-state index < -0.39 is 0 Å². The first-order valence-corrected chi connectivity index (χ1v) is 34.0. The van der Waals surface area contributed by atoms with Gasteiger partial charge in [-0.1, -0.05) is 167 Å². The van der Waals surface area contributed by atoms with Crippen molar-refractivity contribution in [3.8, 4) is 84.8 Å². The van der Waals surface area contributed by atoms with Crippen LogP contribution in [-0.2, 0) is 0 Å². The molecule has 0 spiro atoms. The third-order valence-electron chi connectivity index (χ3n) is 20.6. The molecule has 99 heavy (non-hydrogen) atoms. The highest BCUT2D eigenvalue weighted by Gasteiger charge is 2.32. The summed E-state index contributed by atoms with van der Waals surface area (Å²) in [6.45, 7) is 13.0. The highest BCUT2D eigenvalue weighted by Crippen LogP contribution is 2.54. The van der Waals surface area contributed by atoms with Crippen LogP contribution in [0.3, 0.4) is 0 Å². The zero-order valence-electron chi connectivity index (χ0n) is 55.6. The number of nitrogens with zero attached hydrogens (tertiary/aromatic N) is 6. The molecule has 0 aliphatic heterocycles. The maximum absolute atomic E-state index is 12.6. The number of para-hydroxylation sites is 4. The van der Waals surface area contributed by atoms with Gasteiger partial charge >= 0.3 is 0 Å². The number of hydrogen-bond donors (Lipinski definition) is 0. The van der Waals surface area contributed by atoms with Gasteiger partial charge in [-0.3, -0.25) is 0 Å². The number of rotatable bonds is 9. The van der Waals surface area contributed by atoms with Gasteiger partial charge in [0.1, 0.15) is 11.6 Å². The second kappa shape index (κ2) is 22.2. The number of hydrogen-bond acceptors (Lipinski definition) is 3. The molecule has 468 valence electrons. The third kappa shape index (κ3) is 9.00. The first-order chi connectivity index (χ1) is 48.5. The molecule has 14 aromatic carbocycles. The van der Waals surface area contributed by atoms with Gasteiger partial charge < -0.3 is 22.7 Å². The van der Waals surface area contributed by atoms with E-state index >= 15 is 0 Å². The minimum Gasteiger partial charge on any atom is -0.436 e. The average molecular weight is 1270 g/mol. The van der Waals surface area contributed by atoms with Crippen LogP contribution in [0, 0.1) is 52.9 Å². The molecule has 0 unspecified atom stereocenters. The topological polar surface area (TPSA) is 69.5 Å².